The number of aromatic amines is 2. The van der Waals surface area contributed by atoms with Crippen molar-refractivity contribution in [3.63, 3.8) is 0 Å². The van der Waals surface area contributed by atoms with Crippen LogP contribution in [0.4, 0.5) is 5.82 Å². The van der Waals surface area contributed by atoms with Gasteiger partial charge in [0, 0.05) is 17.7 Å². The molecular formula is C28H43N5S. The van der Waals surface area contributed by atoms with E-state index >= 15 is 0 Å². The van der Waals surface area contributed by atoms with Crippen LogP contribution in [-0.4, -0.2) is 31.9 Å². The third-order valence-electron chi connectivity index (χ3n) is 5.68. The van der Waals surface area contributed by atoms with Gasteiger partial charge in [-0.15, -0.1) is 5.10 Å². The van der Waals surface area contributed by atoms with E-state index in [-0.39, 0.29) is 6.04 Å². The average Bonchev–Trinajstić information content (AvgIpc) is 3.45. The Labute approximate surface area is 210 Å². The summed E-state index contributed by atoms with van der Waals surface area (Å²) in [6, 6.07) is 2.20. The summed E-state index contributed by atoms with van der Waals surface area (Å²) in [4.78, 5) is 3.28. The summed E-state index contributed by atoms with van der Waals surface area (Å²) in [5, 5.41) is 14.5. The van der Waals surface area contributed by atoms with Gasteiger partial charge in [0.05, 0.1) is 17.9 Å². The second-order valence-electron chi connectivity index (χ2n) is 9.44. The monoisotopic (exact) mass is 481 g/mol. The normalized spacial score (nSPS) is 13.0. The van der Waals surface area contributed by atoms with Crippen LogP contribution in [-0.2, 0) is 0 Å². The summed E-state index contributed by atoms with van der Waals surface area (Å²) in [6.07, 6.45) is 18.9. The molecule has 2 aromatic heterocycles. The van der Waals surface area contributed by atoms with Crippen LogP contribution in [0.15, 0.2) is 65.1 Å². The Morgan fingerprint density at radius 3 is 2.44 bits per heavy atom. The van der Waals surface area contributed by atoms with E-state index in [0.717, 1.165) is 55.1 Å². The molecule has 186 valence electrons. The smallest absolute Gasteiger partial charge is 0.106 e. The van der Waals surface area contributed by atoms with E-state index in [0.29, 0.717) is 0 Å². The van der Waals surface area contributed by atoms with Gasteiger partial charge in [-0.2, -0.15) is 11.8 Å². The van der Waals surface area contributed by atoms with Crippen molar-refractivity contribution in [2.24, 2.45) is 0 Å². The highest BCUT2D eigenvalue weighted by molar-refractivity contribution is 7.99. The number of allylic oxidation sites excluding steroid dienone is 7. The number of hydrogen-bond donors (Lipinski definition) is 3. The van der Waals surface area contributed by atoms with Gasteiger partial charge in [-0.05, 0) is 85.3 Å². The topological polar surface area (TPSA) is 69.4 Å². The number of thioether (sulfide) groups is 1. The second kappa shape index (κ2) is 15.4. The Hall–Kier alpha value is -2.47. The largest absolute Gasteiger partial charge is 0.362 e. The number of aromatic nitrogens is 4. The van der Waals surface area contributed by atoms with Crippen molar-refractivity contribution in [2.45, 2.75) is 79.7 Å². The summed E-state index contributed by atoms with van der Waals surface area (Å²) >= 11 is 1.93. The predicted octanol–water partition coefficient (Wildman–Crippen LogP) is 8.08. The van der Waals surface area contributed by atoms with E-state index in [4.69, 9.17) is 0 Å². The van der Waals surface area contributed by atoms with Gasteiger partial charge in [0.15, 0.2) is 0 Å². The van der Waals surface area contributed by atoms with Gasteiger partial charge in [0.2, 0.25) is 0 Å². The van der Waals surface area contributed by atoms with E-state index in [9.17, 15) is 0 Å². The molecule has 2 rings (SSSR count). The summed E-state index contributed by atoms with van der Waals surface area (Å²) in [7, 11) is 0. The fourth-order valence-electron chi connectivity index (χ4n) is 3.54. The molecule has 0 aliphatic carbocycles. The lowest BCUT2D eigenvalue weighted by Gasteiger charge is -2.17. The van der Waals surface area contributed by atoms with E-state index in [1.165, 1.54) is 27.9 Å². The van der Waals surface area contributed by atoms with Crippen LogP contribution < -0.4 is 5.32 Å². The first-order valence-corrected chi connectivity index (χ1v) is 13.4. The quantitative estimate of drug-likeness (QED) is 0.178. The molecule has 0 aliphatic rings. The molecule has 6 heteroatoms. The number of aryl methyl sites for hydroxylation is 1. The van der Waals surface area contributed by atoms with Gasteiger partial charge in [0.1, 0.15) is 5.82 Å². The predicted molar refractivity (Wildman–Crippen MR) is 149 cm³/mol. The van der Waals surface area contributed by atoms with Gasteiger partial charge < -0.3 is 10.3 Å². The second-order valence-corrected chi connectivity index (χ2v) is 10.5. The lowest BCUT2D eigenvalue weighted by atomic mass is 10.0. The number of rotatable bonds is 15. The molecule has 34 heavy (non-hydrogen) atoms. The highest BCUT2D eigenvalue weighted by Crippen LogP contribution is 2.24. The van der Waals surface area contributed by atoms with Gasteiger partial charge in [-0.1, -0.05) is 51.8 Å². The molecule has 0 bridgehead atoms. The fraction of sp³-hybridized carbons (Fsp3) is 0.500. The zero-order chi connectivity index (χ0) is 24.8. The molecule has 0 spiro atoms. The molecule has 1 atom stereocenters. The van der Waals surface area contributed by atoms with Crippen molar-refractivity contribution in [3.05, 3.63) is 76.3 Å². The molecule has 5 nitrogen and oxygen atoms in total. The zero-order valence-corrected chi connectivity index (χ0v) is 22.7. The molecule has 0 fully saturated rings. The lowest BCUT2D eigenvalue weighted by Crippen LogP contribution is -2.15. The summed E-state index contributed by atoms with van der Waals surface area (Å²) in [5.41, 5.74) is 8.01. The van der Waals surface area contributed by atoms with Gasteiger partial charge >= 0.3 is 0 Å². The number of anilines is 1. The molecule has 0 aromatic carbocycles. The van der Waals surface area contributed by atoms with Crippen molar-refractivity contribution in [1.82, 2.24) is 20.4 Å². The molecule has 0 aliphatic heterocycles. The average molecular weight is 482 g/mol. The number of nitrogens with zero attached hydrogens (tertiary/aromatic N) is 2. The molecule has 0 saturated heterocycles. The van der Waals surface area contributed by atoms with Crippen molar-refractivity contribution in [1.29, 1.82) is 0 Å². The number of hydrogen-bond acceptors (Lipinski definition) is 4. The minimum atomic E-state index is 0.123. The summed E-state index contributed by atoms with van der Waals surface area (Å²) in [6.45, 7) is 13.1. The fourth-order valence-corrected chi connectivity index (χ4v) is 4.53. The van der Waals surface area contributed by atoms with Gasteiger partial charge in [-0.3, -0.25) is 5.10 Å². The summed E-state index contributed by atoms with van der Waals surface area (Å²) < 4.78 is 0. The molecule has 0 amide bonds. The van der Waals surface area contributed by atoms with E-state index in [1.807, 2.05) is 18.0 Å². The molecule has 0 saturated carbocycles. The zero-order valence-electron chi connectivity index (χ0n) is 21.9. The third-order valence-corrected chi connectivity index (χ3v) is 6.65. The molecule has 3 N–H and O–H groups in total. The molecule has 0 radical (unpaired) electrons. The van der Waals surface area contributed by atoms with E-state index in [1.54, 1.807) is 6.20 Å². The van der Waals surface area contributed by atoms with Crippen molar-refractivity contribution in [3.8, 4) is 0 Å². The Morgan fingerprint density at radius 1 is 1.03 bits per heavy atom. The van der Waals surface area contributed by atoms with Crippen LogP contribution in [0.5, 0.6) is 0 Å². The van der Waals surface area contributed by atoms with Crippen molar-refractivity contribution >= 4 is 17.6 Å². The number of H-pyrrole nitrogens is 2. The maximum Gasteiger partial charge on any atom is 0.106 e. The minimum Gasteiger partial charge on any atom is -0.362 e. The van der Waals surface area contributed by atoms with Crippen LogP contribution >= 0.6 is 11.8 Å². The van der Waals surface area contributed by atoms with Crippen molar-refractivity contribution in [2.75, 3.05) is 16.8 Å². The molecule has 2 heterocycles. The van der Waals surface area contributed by atoms with Crippen LogP contribution in [0.1, 0.15) is 84.0 Å². The first-order chi connectivity index (χ1) is 16.3. The van der Waals surface area contributed by atoms with Gasteiger partial charge in [0.25, 0.3) is 0 Å². The minimum absolute atomic E-state index is 0.123. The Bertz CT molecular complexity index is 955. The maximum absolute atomic E-state index is 3.98. The first kappa shape index (κ1) is 27.8. The highest BCUT2D eigenvalue weighted by atomic mass is 32.2. The van der Waals surface area contributed by atoms with Gasteiger partial charge in [-0.25, -0.2) is 0 Å². The molecule has 1 unspecified atom stereocenters. The summed E-state index contributed by atoms with van der Waals surface area (Å²) in [5.74, 6) is 2.98. The van der Waals surface area contributed by atoms with Crippen LogP contribution in [0, 0.1) is 6.92 Å². The Balaban J connectivity index is 1.91. The van der Waals surface area contributed by atoms with Crippen LogP contribution in [0.25, 0.3) is 0 Å². The van der Waals surface area contributed by atoms with E-state index in [2.05, 4.69) is 97.6 Å². The standard InChI is InChI=1S/C28H43N5S/c1-21(2)9-7-10-23(5)11-8-12-25(14-13-22(3)4)16-18-34-20-27(26-19-30-33-32-26)31-28-24(6)15-17-29-28/h9,11,13,15-17,19,27,29,31H,7-8,10,12,14,18,20H2,1-6H3,(H,30,32,33). The third kappa shape index (κ3) is 11.1. The Morgan fingerprint density at radius 2 is 1.79 bits per heavy atom. The van der Waals surface area contributed by atoms with Crippen molar-refractivity contribution < 1.29 is 0 Å². The molecule has 2 aromatic rings. The Kier molecular flexibility index (Phi) is 12.6. The highest BCUT2D eigenvalue weighted by Gasteiger charge is 2.15. The SMILES string of the molecule is CC(C)=CCCC(C)=CCCC(=CCSCC(Nc1[nH]ccc1C)c1cnn[nH]1)CC=C(C)C. The van der Waals surface area contributed by atoms with Crippen LogP contribution in [0.2, 0.25) is 0 Å². The molecular weight excluding hydrogens is 438 g/mol. The van der Waals surface area contributed by atoms with Crippen LogP contribution in [0.3, 0.4) is 0 Å². The lowest BCUT2D eigenvalue weighted by molar-refractivity contribution is 0.821. The maximum atomic E-state index is 3.98. The van der Waals surface area contributed by atoms with E-state index < -0.39 is 0 Å². The number of nitrogens with one attached hydrogen (secondary N) is 3. The first-order valence-electron chi connectivity index (χ1n) is 12.3.